The molecular weight excluding hydrogens is 236 g/mol. The number of aliphatic carboxylic acids is 1. The second-order valence-electron chi connectivity index (χ2n) is 4.79. The number of ether oxygens (including phenoxy) is 1. The van der Waals surface area contributed by atoms with Crippen LogP contribution in [0.15, 0.2) is 0 Å². The van der Waals surface area contributed by atoms with Crippen molar-refractivity contribution < 1.29 is 19.4 Å². The van der Waals surface area contributed by atoms with Gasteiger partial charge in [0.15, 0.2) is 0 Å². The number of rotatable bonds is 7. The van der Waals surface area contributed by atoms with Crippen LogP contribution in [-0.2, 0) is 9.53 Å². The maximum atomic E-state index is 11.6. The minimum Gasteiger partial charge on any atom is -0.481 e. The van der Waals surface area contributed by atoms with Crippen LogP contribution in [0.5, 0.6) is 0 Å². The standard InChI is InChI=1S/C12H22N2O4/c1-14(9-4-10(15)16)11(17)13-8-7-12(18-2)5-3-6-12/h3-9H2,1-2H3,(H,13,17)(H,15,16). The van der Waals surface area contributed by atoms with E-state index in [1.807, 2.05) is 0 Å². The number of carbonyl (C=O) groups excluding carboxylic acids is 1. The van der Waals surface area contributed by atoms with Gasteiger partial charge in [-0.15, -0.1) is 0 Å². The molecule has 1 aliphatic carbocycles. The Morgan fingerprint density at radius 2 is 2.11 bits per heavy atom. The number of nitrogens with zero attached hydrogens (tertiary/aromatic N) is 1. The summed E-state index contributed by atoms with van der Waals surface area (Å²) >= 11 is 0. The van der Waals surface area contributed by atoms with Crippen molar-refractivity contribution in [3.05, 3.63) is 0 Å². The highest BCUT2D eigenvalue weighted by atomic mass is 16.5. The van der Waals surface area contributed by atoms with Crippen molar-refractivity contribution in [3.8, 4) is 0 Å². The molecule has 0 aliphatic heterocycles. The number of urea groups is 1. The van der Waals surface area contributed by atoms with E-state index in [0.29, 0.717) is 6.54 Å². The zero-order chi connectivity index (χ0) is 13.6. The summed E-state index contributed by atoms with van der Waals surface area (Å²) in [5.41, 5.74) is -0.0487. The van der Waals surface area contributed by atoms with Gasteiger partial charge >= 0.3 is 12.0 Å². The molecule has 0 unspecified atom stereocenters. The van der Waals surface area contributed by atoms with Crippen molar-refractivity contribution in [2.24, 2.45) is 0 Å². The maximum absolute atomic E-state index is 11.6. The Morgan fingerprint density at radius 1 is 1.44 bits per heavy atom. The van der Waals surface area contributed by atoms with Crippen LogP contribution in [0.3, 0.4) is 0 Å². The lowest BCUT2D eigenvalue weighted by Gasteiger charge is -2.40. The fourth-order valence-corrected chi connectivity index (χ4v) is 2.02. The van der Waals surface area contributed by atoms with Crippen molar-refractivity contribution in [1.29, 1.82) is 0 Å². The van der Waals surface area contributed by atoms with Gasteiger partial charge in [0.05, 0.1) is 12.0 Å². The van der Waals surface area contributed by atoms with E-state index in [1.165, 1.54) is 11.3 Å². The van der Waals surface area contributed by atoms with Gasteiger partial charge in [-0.2, -0.15) is 0 Å². The molecule has 0 saturated heterocycles. The molecule has 0 heterocycles. The van der Waals surface area contributed by atoms with Crippen molar-refractivity contribution in [2.75, 3.05) is 27.2 Å². The first-order valence-electron chi connectivity index (χ1n) is 6.25. The molecular formula is C12H22N2O4. The number of carbonyl (C=O) groups is 2. The highest BCUT2D eigenvalue weighted by molar-refractivity contribution is 5.74. The summed E-state index contributed by atoms with van der Waals surface area (Å²) in [6.07, 6.45) is 4.05. The molecule has 1 fully saturated rings. The maximum Gasteiger partial charge on any atom is 0.317 e. The highest BCUT2D eigenvalue weighted by Crippen LogP contribution is 2.37. The molecule has 0 aromatic heterocycles. The van der Waals surface area contributed by atoms with Gasteiger partial charge in [-0.3, -0.25) is 4.79 Å². The van der Waals surface area contributed by atoms with Gasteiger partial charge < -0.3 is 20.1 Å². The molecule has 0 spiro atoms. The van der Waals surface area contributed by atoms with Gasteiger partial charge in [-0.05, 0) is 25.7 Å². The van der Waals surface area contributed by atoms with Gasteiger partial charge in [-0.25, -0.2) is 4.79 Å². The number of methoxy groups -OCH3 is 1. The first kappa shape index (κ1) is 14.8. The number of nitrogens with one attached hydrogen (secondary N) is 1. The Morgan fingerprint density at radius 3 is 2.56 bits per heavy atom. The fraction of sp³-hybridized carbons (Fsp3) is 0.833. The average molecular weight is 258 g/mol. The average Bonchev–Trinajstić information content (AvgIpc) is 2.29. The first-order chi connectivity index (χ1) is 8.49. The summed E-state index contributed by atoms with van der Waals surface area (Å²) in [4.78, 5) is 23.4. The predicted molar refractivity (Wildman–Crippen MR) is 66.5 cm³/mol. The molecule has 6 nitrogen and oxygen atoms in total. The van der Waals surface area contributed by atoms with E-state index < -0.39 is 5.97 Å². The second kappa shape index (κ2) is 6.58. The number of hydrogen-bond acceptors (Lipinski definition) is 3. The Labute approximate surface area is 107 Å². The third-order valence-corrected chi connectivity index (χ3v) is 3.56. The van der Waals surface area contributed by atoms with Crippen LogP contribution >= 0.6 is 0 Å². The Bertz CT molecular complexity index is 297. The molecule has 0 atom stereocenters. The Kier molecular flexibility index (Phi) is 5.40. The van der Waals surface area contributed by atoms with E-state index >= 15 is 0 Å². The minimum absolute atomic E-state index is 0.0358. The number of carboxylic acid groups (broad SMARTS) is 1. The number of amides is 2. The Balaban J connectivity index is 2.18. The molecule has 1 saturated carbocycles. The summed E-state index contributed by atoms with van der Waals surface area (Å²) in [5, 5.41) is 11.3. The van der Waals surface area contributed by atoms with Crippen LogP contribution in [0.1, 0.15) is 32.1 Å². The van der Waals surface area contributed by atoms with Crippen molar-refractivity contribution >= 4 is 12.0 Å². The molecule has 104 valence electrons. The quantitative estimate of drug-likeness (QED) is 0.715. The smallest absolute Gasteiger partial charge is 0.317 e. The van der Waals surface area contributed by atoms with Crippen LogP contribution < -0.4 is 5.32 Å². The lowest BCUT2D eigenvalue weighted by Crippen LogP contribution is -2.44. The molecule has 18 heavy (non-hydrogen) atoms. The lowest BCUT2D eigenvalue weighted by atomic mass is 9.77. The zero-order valence-corrected chi connectivity index (χ0v) is 11.1. The lowest BCUT2D eigenvalue weighted by molar-refractivity contribution is -0.137. The van der Waals surface area contributed by atoms with E-state index in [4.69, 9.17) is 9.84 Å². The van der Waals surface area contributed by atoms with Gasteiger partial charge in [0, 0.05) is 27.2 Å². The SMILES string of the molecule is COC1(CCNC(=O)N(C)CCC(=O)O)CCC1. The summed E-state index contributed by atoms with van der Waals surface area (Å²) in [5.74, 6) is -0.901. The molecule has 1 rings (SSSR count). The van der Waals surface area contributed by atoms with Crippen molar-refractivity contribution in [1.82, 2.24) is 10.2 Å². The van der Waals surface area contributed by atoms with E-state index in [2.05, 4.69) is 5.32 Å². The highest BCUT2D eigenvalue weighted by Gasteiger charge is 2.36. The molecule has 2 amide bonds. The van der Waals surface area contributed by atoms with E-state index in [9.17, 15) is 9.59 Å². The third kappa shape index (κ3) is 4.18. The largest absolute Gasteiger partial charge is 0.481 e. The van der Waals surface area contributed by atoms with Gasteiger partial charge in [0.25, 0.3) is 0 Å². The summed E-state index contributed by atoms with van der Waals surface area (Å²) in [6.45, 7) is 0.778. The van der Waals surface area contributed by atoms with Gasteiger partial charge in [0.1, 0.15) is 0 Å². The first-order valence-corrected chi connectivity index (χ1v) is 6.25. The number of hydrogen-bond donors (Lipinski definition) is 2. The van der Waals surface area contributed by atoms with Crippen molar-refractivity contribution in [2.45, 2.75) is 37.7 Å². The Hall–Kier alpha value is -1.30. The molecule has 0 aromatic rings. The second-order valence-corrected chi connectivity index (χ2v) is 4.79. The van der Waals surface area contributed by atoms with E-state index in [1.54, 1.807) is 14.2 Å². The monoisotopic (exact) mass is 258 g/mol. The molecule has 0 aromatic carbocycles. The van der Waals surface area contributed by atoms with Crippen LogP contribution in [-0.4, -0.2) is 54.9 Å². The molecule has 0 radical (unpaired) electrons. The summed E-state index contributed by atoms with van der Waals surface area (Å²) in [6, 6.07) is -0.234. The van der Waals surface area contributed by atoms with E-state index in [-0.39, 0.29) is 24.6 Å². The van der Waals surface area contributed by atoms with Crippen LogP contribution in [0.4, 0.5) is 4.79 Å². The third-order valence-electron chi connectivity index (χ3n) is 3.56. The van der Waals surface area contributed by atoms with Crippen LogP contribution in [0.2, 0.25) is 0 Å². The van der Waals surface area contributed by atoms with Crippen LogP contribution in [0.25, 0.3) is 0 Å². The van der Waals surface area contributed by atoms with Crippen LogP contribution in [0, 0.1) is 0 Å². The molecule has 6 heteroatoms. The van der Waals surface area contributed by atoms with Crippen molar-refractivity contribution in [3.63, 3.8) is 0 Å². The fourth-order valence-electron chi connectivity index (χ4n) is 2.02. The zero-order valence-electron chi connectivity index (χ0n) is 11.1. The topological polar surface area (TPSA) is 78.9 Å². The summed E-state index contributed by atoms with van der Waals surface area (Å²) < 4.78 is 5.45. The molecule has 2 N–H and O–H groups in total. The molecule has 0 bridgehead atoms. The summed E-state index contributed by atoms with van der Waals surface area (Å²) in [7, 11) is 3.30. The van der Waals surface area contributed by atoms with Gasteiger partial charge in [-0.1, -0.05) is 0 Å². The number of carboxylic acids is 1. The van der Waals surface area contributed by atoms with E-state index in [0.717, 1.165) is 19.3 Å². The normalized spacial score (nSPS) is 16.8. The minimum atomic E-state index is -0.901. The molecule has 1 aliphatic rings. The van der Waals surface area contributed by atoms with Gasteiger partial charge in [0.2, 0.25) is 0 Å². The predicted octanol–water partition coefficient (Wildman–Crippen LogP) is 1.06.